The summed E-state index contributed by atoms with van der Waals surface area (Å²) in [4.78, 5) is 13.5. The Bertz CT molecular complexity index is 1660. The highest BCUT2D eigenvalue weighted by Gasteiger charge is 2.21. The highest BCUT2D eigenvalue weighted by molar-refractivity contribution is 9.10. The van der Waals surface area contributed by atoms with Crippen LogP contribution in [-0.4, -0.2) is 45.2 Å². The molecule has 0 bridgehead atoms. The fraction of sp³-hybridized carbons (Fsp3) is 0.154. The van der Waals surface area contributed by atoms with Gasteiger partial charge in [-0.05, 0) is 65.2 Å². The first-order valence-corrected chi connectivity index (χ1v) is 14.8. The van der Waals surface area contributed by atoms with E-state index in [1.54, 1.807) is 43.7 Å². The summed E-state index contributed by atoms with van der Waals surface area (Å²) in [6, 6.07) is 13.4. The highest BCUT2D eigenvalue weighted by atomic mass is 79.9. The summed E-state index contributed by atoms with van der Waals surface area (Å²) in [5.74, 6) is 1.54. The van der Waals surface area contributed by atoms with Gasteiger partial charge in [0.25, 0.3) is 0 Å². The number of benzene rings is 2. The second-order valence-corrected chi connectivity index (χ2v) is 12.8. The molecular weight excluding hydrogens is 553 g/mol. The Morgan fingerprint density at radius 1 is 1.00 bits per heavy atom. The average Bonchev–Trinajstić information content (AvgIpc) is 3.31. The standard InChI is InChI=1S/C26H25BrN7O2P/c1-34-15-17(13-30-34)16-7-10-23(36-2)22(12-16)32-26-29-14-19(27)25(33-26)31-21-9-8-20-18(6-5-11-28-20)24(21)37(3,4)35/h5-15H,1-4H3,(H2,29,31,32,33). The van der Waals surface area contributed by atoms with E-state index < -0.39 is 7.14 Å². The maximum Gasteiger partial charge on any atom is 0.229 e. The Morgan fingerprint density at radius 3 is 2.57 bits per heavy atom. The summed E-state index contributed by atoms with van der Waals surface area (Å²) in [7, 11) is 0.830. The van der Waals surface area contributed by atoms with Crippen molar-refractivity contribution in [3.05, 3.63) is 71.7 Å². The Kier molecular flexibility index (Phi) is 6.70. The van der Waals surface area contributed by atoms with E-state index >= 15 is 0 Å². The van der Waals surface area contributed by atoms with E-state index in [0.29, 0.717) is 33.4 Å². The maximum absolute atomic E-state index is 13.3. The number of hydrogen-bond acceptors (Lipinski definition) is 8. The molecule has 188 valence electrons. The predicted molar refractivity (Wildman–Crippen MR) is 152 cm³/mol. The first-order chi connectivity index (χ1) is 17.7. The molecule has 5 rings (SSSR count). The second-order valence-electron chi connectivity index (χ2n) is 8.84. The lowest BCUT2D eigenvalue weighted by molar-refractivity contribution is 0.417. The van der Waals surface area contributed by atoms with Gasteiger partial charge >= 0.3 is 0 Å². The summed E-state index contributed by atoms with van der Waals surface area (Å²) in [6.07, 6.45) is 7.14. The molecule has 5 aromatic rings. The third kappa shape index (κ3) is 5.21. The Morgan fingerprint density at radius 2 is 1.84 bits per heavy atom. The van der Waals surface area contributed by atoms with Crippen LogP contribution in [0.3, 0.4) is 0 Å². The highest BCUT2D eigenvalue weighted by Crippen LogP contribution is 2.42. The van der Waals surface area contributed by atoms with Gasteiger partial charge in [0, 0.05) is 41.9 Å². The Balaban J connectivity index is 1.51. The van der Waals surface area contributed by atoms with E-state index in [4.69, 9.17) is 9.72 Å². The van der Waals surface area contributed by atoms with E-state index in [1.165, 1.54) is 0 Å². The minimum absolute atomic E-state index is 0.368. The molecule has 0 amide bonds. The predicted octanol–water partition coefficient (Wildman–Crippen LogP) is 5.93. The van der Waals surface area contributed by atoms with Gasteiger partial charge in [-0.1, -0.05) is 12.1 Å². The molecule has 0 unspecified atom stereocenters. The fourth-order valence-electron chi connectivity index (χ4n) is 4.14. The van der Waals surface area contributed by atoms with Crippen molar-refractivity contribution in [3.63, 3.8) is 0 Å². The van der Waals surface area contributed by atoms with Crippen LogP contribution in [0.2, 0.25) is 0 Å². The van der Waals surface area contributed by atoms with Crippen molar-refractivity contribution in [2.45, 2.75) is 0 Å². The topological polar surface area (TPSA) is 107 Å². The first kappa shape index (κ1) is 24.9. The van der Waals surface area contributed by atoms with Gasteiger partial charge < -0.3 is 19.9 Å². The van der Waals surface area contributed by atoms with Crippen molar-refractivity contribution in [1.82, 2.24) is 24.7 Å². The third-order valence-corrected chi connectivity index (χ3v) is 7.92. The minimum atomic E-state index is -2.66. The first-order valence-electron chi connectivity index (χ1n) is 11.4. The van der Waals surface area contributed by atoms with Crippen molar-refractivity contribution in [2.24, 2.45) is 7.05 Å². The normalized spacial score (nSPS) is 11.5. The molecule has 37 heavy (non-hydrogen) atoms. The van der Waals surface area contributed by atoms with Crippen LogP contribution in [0.4, 0.5) is 23.1 Å². The van der Waals surface area contributed by atoms with E-state index in [2.05, 4.69) is 41.6 Å². The number of pyridine rings is 1. The molecular formula is C26H25BrN7O2P. The molecule has 0 aliphatic heterocycles. The summed E-state index contributed by atoms with van der Waals surface area (Å²) < 4.78 is 21.3. The SMILES string of the molecule is COc1ccc(-c2cnn(C)c2)cc1Nc1ncc(Br)c(Nc2ccc3ncccc3c2P(C)(C)=O)n1. The smallest absolute Gasteiger partial charge is 0.229 e. The molecule has 2 N–H and O–H groups in total. The molecule has 2 aromatic carbocycles. The van der Waals surface area contributed by atoms with Crippen molar-refractivity contribution in [1.29, 1.82) is 0 Å². The summed E-state index contributed by atoms with van der Waals surface area (Å²) >= 11 is 3.54. The summed E-state index contributed by atoms with van der Waals surface area (Å²) in [5.41, 5.74) is 4.16. The summed E-state index contributed by atoms with van der Waals surface area (Å²) in [5, 5.41) is 12.5. The van der Waals surface area contributed by atoms with Gasteiger partial charge in [0.1, 0.15) is 18.7 Å². The molecule has 0 aliphatic carbocycles. The number of hydrogen-bond donors (Lipinski definition) is 2. The van der Waals surface area contributed by atoms with Crippen LogP contribution in [0.15, 0.2) is 71.7 Å². The monoisotopic (exact) mass is 577 g/mol. The molecule has 0 radical (unpaired) electrons. The number of methoxy groups -OCH3 is 1. The lowest BCUT2D eigenvalue weighted by atomic mass is 10.1. The van der Waals surface area contributed by atoms with Gasteiger partial charge in [-0.15, -0.1) is 0 Å². The number of fused-ring (bicyclic) bond motifs is 1. The summed E-state index contributed by atoms with van der Waals surface area (Å²) in [6.45, 7) is 3.51. The van der Waals surface area contributed by atoms with Crippen molar-refractivity contribution >= 4 is 62.4 Å². The van der Waals surface area contributed by atoms with Gasteiger partial charge in [0.15, 0.2) is 0 Å². The van der Waals surface area contributed by atoms with E-state index in [-0.39, 0.29) is 0 Å². The van der Waals surface area contributed by atoms with Gasteiger partial charge in [0.2, 0.25) is 5.95 Å². The van der Waals surface area contributed by atoms with Crippen LogP contribution < -0.4 is 20.7 Å². The molecule has 0 aliphatic rings. The number of nitrogens with zero attached hydrogens (tertiary/aromatic N) is 5. The molecule has 3 aromatic heterocycles. The van der Waals surface area contributed by atoms with Crippen molar-refractivity contribution in [3.8, 4) is 16.9 Å². The average molecular weight is 578 g/mol. The number of nitrogens with one attached hydrogen (secondary N) is 2. The number of anilines is 4. The molecule has 11 heteroatoms. The van der Waals surface area contributed by atoms with Crippen LogP contribution in [0.1, 0.15) is 0 Å². The van der Waals surface area contributed by atoms with Gasteiger partial charge in [-0.25, -0.2) is 4.98 Å². The van der Waals surface area contributed by atoms with E-state index in [0.717, 1.165) is 27.3 Å². The van der Waals surface area contributed by atoms with Crippen molar-refractivity contribution in [2.75, 3.05) is 31.1 Å². The molecule has 0 saturated carbocycles. The lowest BCUT2D eigenvalue weighted by Crippen LogP contribution is -2.13. The number of rotatable bonds is 7. The fourth-order valence-corrected chi connectivity index (χ4v) is 5.91. The molecule has 0 saturated heterocycles. The second kappa shape index (κ2) is 9.95. The van der Waals surface area contributed by atoms with E-state index in [1.807, 2.05) is 55.7 Å². The van der Waals surface area contributed by atoms with Crippen LogP contribution in [0.25, 0.3) is 22.0 Å². The molecule has 0 fully saturated rings. The zero-order chi connectivity index (χ0) is 26.2. The van der Waals surface area contributed by atoms with Crippen LogP contribution in [0, 0.1) is 0 Å². The van der Waals surface area contributed by atoms with Gasteiger partial charge in [-0.2, -0.15) is 10.1 Å². The van der Waals surface area contributed by atoms with Crippen LogP contribution >= 0.6 is 23.1 Å². The quantitative estimate of drug-likeness (QED) is 0.229. The number of ether oxygens (including phenoxy) is 1. The minimum Gasteiger partial charge on any atom is -0.495 e. The molecule has 3 heterocycles. The molecule has 0 spiro atoms. The Hall–Kier alpha value is -3.75. The number of halogens is 1. The van der Waals surface area contributed by atoms with Crippen LogP contribution in [0.5, 0.6) is 5.75 Å². The number of aryl methyl sites for hydroxylation is 1. The third-order valence-electron chi connectivity index (χ3n) is 5.78. The zero-order valence-electron chi connectivity index (χ0n) is 20.7. The van der Waals surface area contributed by atoms with E-state index in [9.17, 15) is 4.57 Å². The lowest BCUT2D eigenvalue weighted by Gasteiger charge is -2.18. The van der Waals surface area contributed by atoms with Crippen LogP contribution in [-0.2, 0) is 11.6 Å². The Labute approximate surface area is 222 Å². The van der Waals surface area contributed by atoms with Gasteiger partial charge in [-0.3, -0.25) is 9.67 Å². The number of aromatic nitrogens is 5. The molecule has 9 nitrogen and oxygen atoms in total. The van der Waals surface area contributed by atoms with Crippen molar-refractivity contribution < 1.29 is 9.30 Å². The largest absolute Gasteiger partial charge is 0.495 e. The van der Waals surface area contributed by atoms with Gasteiger partial charge in [0.05, 0.1) is 34.7 Å². The molecule has 0 atom stereocenters. The zero-order valence-corrected chi connectivity index (χ0v) is 23.2. The maximum atomic E-state index is 13.3.